The lowest BCUT2D eigenvalue weighted by molar-refractivity contribution is 0.0940. The molecule has 2 N–H and O–H groups in total. The number of Topliss-reactive ketones (excluding diaryl/α,β-unsaturated/α-hetero) is 1. The average Bonchev–Trinajstić information content (AvgIpc) is 3.27. The largest absolute Gasteiger partial charge is 0.399 e. The Morgan fingerprint density at radius 1 is 0.952 bits per heavy atom. The van der Waals surface area contributed by atoms with Gasteiger partial charge in [-0.05, 0) is 42.7 Å². The van der Waals surface area contributed by atoms with Crippen molar-refractivity contribution in [3.8, 4) is 0 Å². The molecule has 3 rings (SSSR count). The average molecular weight is 291 g/mol. The van der Waals surface area contributed by atoms with E-state index in [0.717, 1.165) is 12.1 Å². The Balaban J connectivity index is 2.03. The molecule has 0 aromatic heterocycles. The normalized spacial score (nSPS) is 15.8. The van der Waals surface area contributed by atoms with Gasteiger partial charge < -0.3 is 5.73 Å². The third-order valence-electron chi connectivity index (χ3n) is 3.93. The Hall–Kier alpha value is -2.30. The Labute approximate surface area is 119 Å². The van der Waals surface area contributed by atoms with Gasteiger partial charge in [-0.15, -0.1) is 0 Å². The van der Waals surface area contributed by atoms with Crippen LogP contribution in [0, 0.1) is 17.5 Å². The minimum absolute atomic E-state index is 0.414. The molecule has 2 nitrogen and oxygen atoms in total. The van der Waals surface area contributed by atoms with Crippen molar-refractivity contribution >= 4 is 11.5 Å². The Morgan fingerprint density at radius 3 is 2.14 bits per heavy atom. The van der Waals surface area contributed by atoms with E-state index in [2.05, 4.69) is 0 Å². The molecular formula is C16H12F3NO. The second-order valence-corrected chi connectivity index (χ2v) is 5.26. The predicted octanol–water partition coefficient (Wildman–Crippen LogP) is 3.60. The van der Waals surface area contributed by atoms with E-state index in [-0.39, 0.29) is 0 Å². The Bertz CT molecular complexity index is 721. The molecule has 0 saturated heterocycles. The van der Waals surface area contributed by atoms with Crippen molar-refractivity contribution in [1.82, 2.24) is 0 Å². The van der Waals surface area contributed by atoms with E-state index in [1.165, 1.54) is 0 Å². The highest BCUT2D eigenvalue weighted by Gasteiger charge is 2.52. The number of carbonyl (C=O) groups excluding carboxylic acids is 1. The first-order chi connectivity index (χ1) is 9.95. The lowest BCUT2D eigenvalue weighted by Crippen LogP contribution is -2.22. The van der Waals surface area contributed by atoms with Gasteiger partial charge >= 0.3 is 0 Å². The van der Waals surface area contributed by atoms with E-state index in [0.29, 0.717) is 24.1 Å². The first-order valence-corrected chi connectivity index (χ1v) is 6.50. The molecule has 1 saturated carbocycles. The molecule has 2 aromatic carbocycles. The van der Waals surface area contributed by atoms with Crippen LogP contribution in [0.15, 0.2) is 36.4 Å². The molecule has 0 amide bonds. The molecule has 0 bridgehead atoms. The number of benzene rings is 2. The number of carbonyl (C=O) groups is 1. The van der Waals surface area contributed by atoms with Gasteiger partial charge in [0.25, 0.3) is 0 Å². The fourth-order valence-electron chi connectivity index (χ4n) is 2.53. The molecule has 5 heteroatoms. The van der Waals surface area contributed by atoms with E-state index in [1.807, 2.05) is 0 Å². The van der Waals surface area contributed by atoms with Crippen LogP contribution in [-0.4, -0.2) is 5.78 Å². The fourth-order valence-corrected chi connectivity index (χ4v) is 2.53. The number of hydrogen-bond donors (Lipinski definition) is 1. The van der Waals surface area contributed by atoms with Crippen LogP contribution >= 0.6 is 0 Å². The fraction of sp³-hybridized carbons (Fsp3) is 0.188. The molecule has 0 aliphatic heterocycles. The van der Waals surface area contributed by atoms with Gasteiger partial charge in [0.1, 0.15) is 0 Å². The lowest BCUT2D eigenvalue weighted by Gasteiger charge is -2.15. The van der Waals surface area contributed by atoms with Crippen LogP contribution in [-0.2, 0) is 5.41 Å². The summed E-state index contributed by atoms with van der Waals surface area (Å²) in [5, 5.41) is 0. The van der Waals surface area contributed by atoms with Crippen molar-refractivity contribution < 1.29 is 18.0 Å². The van der Waals surface area contributed by atoms with E-state index >= 15 is 0 Å². The van der Waals surface area contributed by atoms with E-state index in [4.69, 9.17) is 5.73 Å². The van der Waals surface area contributed by atoms with Gasteiger partial charge in [0, 0.05) is 5.69 Å². The summed E-state index contributed by atoms with van der Waals surface area (Å²) in [6.45, 7) is 0. The second kappa shape index (κ2) is 4.62. The zero-order chi connectivity index (χ0) is 15.2. The van der Waals surface area contributed by atoms with Crippen LogP contribution in [0.3, 0.4) is 0 Å². The topological polar surface area (TPSA) is 43.1 Å². The smallest absolute Gasteiger partial charge is 0.195 e. The molecule has 0 atom stereocenters. The van der Waals surface area contributed by atoms with Gasteiger partial charge in [-0.1, -0.05) is 12.1 Å². The number of nitrogen functional groups attached to an aromatic ring is 1. The van der Waals surface area contributed by atoms with Crippen molar-refractivity contribution in [1.29, 1.82) is 0 Å². The first-order valence-electron chi connectivity index (χ1n) is 6.50. The summed E-state index contributed by atoms with van der Waals surface area (Å²) < 4.78 is 40.1. The number of rotatable bonds is 3. The van der Waals surface area contributed by atoms with Gasteiger partial charge in [-0.25, -0.2) is 13.2 Å². The van der Waals surface area contributed by atoms with Gasteiger partial charge in [-0.2, -0.15) is 0 Å². The Morgan fingerprint density at radius 2 is 1.57 bits per heavy atom. The van der Waals surface area contributed by atoms with Gasteiger partial charge in [-0.3, -0.25) is 4.79 Å². The van der Waals surface area contributed by atoms with Crippen molar-refractivity contribution in [2.24, 2.45) is 0 Å². The number of hydrogen-bond acceptors (Lipinski definition) is 2. The third-order valence-corrected chi connectivity index (χ3v) is 3.93. The van der Waals surface area contributed by atoms with Crippen molar-refractivity contribution in [2.75, 3.05) is 5.73 Å². The lowest BCUT2D eigenvalue weighted by atomic mass is 9.87. The number of halogens is 3. The quantitative estimate of drug-likeness (QED) is 0.533. The molecule has 0 heterocycles. The maximum atomic E-state index is 13.8. The summed E-state index contributed by atoms with van der Waals surface area (Å²) in [5.41, 5.74) is 5.61. The number of ketones is 1. The standard InChI is InChI=1S/C16H12F3NO/c17-12-6-5-11(13(18)14(12)19)15(21)16(7-8-16)9-1-3-10(20)4-2-9/h1-6H,7-8,20H2. The zero-order valence-electron chi connectivity index (χ0n) is 11.0. The summed E-state index contributed by atoms with van der Waals surface area (Å²) in [5.74, 6) is -4.87. The molecule has 108 valence electrons. The van der Waals surface area contributed by atoms with Crippen LogP contribution in [0.25, 0.3) is 0 Å². The molecular weight excluding hydrogens is 279 g/mol. The van der Waals surface area contributed by atoms with Crippen LogP contribution < -0.4 is 5.73 Å². The highest BCUT2D eigenvalue weighted by atomic mass is 19.2. The minimum atomic E-state index is -1.62. The summed E-state index contributed by atoms with van der Waals surface area (Å²) in [4.78, 5) is 12.5. The molecule has 0 unspecified atom stereocenters. The van der Waals surface area contributed by atoms with Gasteiger partial charge in [0.15, 0.2) is 23.2 Å². The predicted molar refractivity (Wildman–Crippen MR) is 72.4 cm³/mol. The van der Waals surface area contributed by atoms with Crippen LogP contribution in [0.1, 0.15) is 28.8 Å². The number of anilines is 1. The molecule has 1 fully saturated rings. The SMILES string of the molecule is Nc1ccc(C2(C(=O)c3ccc(F)c(F)c3F)CC2)cc1. The first kappa shape index (κ1) is 13.7. The van der Waals surface area contributed by atoms with Gasteiger partial charge in [0.05, 0.1) is 11.0 Å². The molecule has 21 heavy (non-hydrogen) atoms. The van der Waals surface area contributed by atoms with Crippen LogP contribution in [0.2, 0.25) is 0 Å². The molecule has 0 spiro atoms. The highest BCUT2D eigenvalue weighted by molar-refractivity contribution is 6.06. The molecule has 1 aliphatic carbocycles. The molecule has 1 aliphatic rings. The Kier molecular flexibility index (Phi) is 3.01. The summed E-state index contributed by atoms with van der Waals surface area (Å²) in [6, 6.07) is 8.49. The summed E-state index contributed by atoms with van der Waals surface area (Å²) >= 11 is 0. The number of nitrogens with two attached hydrogens (primary N) is 1. The van der Waals surface area contributed by atoms with E-state index in [9.17, 15) is 18.0 Å². The maximum absolute atomic E-state index is 13.8. The van der Waals surface area contributed by atoms with E-state index < -0.39 is 34.2 Å². The highest BCUT2D eigenvalue weighted by Crippen LogP contribution is 2.50. The molecule has 2 aromatic rings. The van der Waals surface area contributed by atoms with Crippen molar-refractivity contribution in [3.05, 3.63) is 65.0 Å². The monoisotopic (exact) mass is 291 g/mol. The van der Waals surface area contributed by atoms with Crippen LogP contribution in [0.4, 0.5) is 18.9 Å². The summed E-state index contributed by atoms with van der Waals surface area (Å²) in [6.07, 6.45) is 1.10. The minimum Gasteiger partial charge on any atom is -0.399 e. The zero-order valence-corrected chi connectivity index (χ0v) is 11.0. The van der Waals surface area contributed by atoms with Gasteiger partial charge in [0.2, 0.25) is 0 Å². The summed E-state index contributed by atoms with van der Waals surface area (Å²) in [7, 11) is 0. The maximum Gasteiger partial charge on any atom is 0.195 e. The van der Waals surface area contributed by atoms with E-state index in [1.54, 1.807) is 24.3 Å². The van der Waals surface area contributed by atoms with Crippen molar-refractivity contribution in [2.45, 2.75) is 18.3 Å². The van der Waals surface area contributed by atoms with Crippen molar-refractivity contribution in [3.63, 3.8) is 0 Å². The second-order valence-electron chi connectivity index (χ2n) is 5.26. The third kappa shape index (κ3) is 2.09. The molecule has 0 radical (unpaired) electrons. The van der Waals surface area contributed by atoms with Crippen LogP contribution in [0.5, 0.6) is 0 Å².